The predicted octanol–water partition coefficient (Wildman–Crippen LogP) is -0.680. The molecule has 0 bridgehead atoms. The lowest BCUT2D eigenvalue weighted by molar-refractivity contribution is -0.127. The van der Waals surface area contributed by atoms with E-state index in [4.69, 9.17) is 5.11 Å². The number of amides is 1. The third-order valence-corrected chi connectivity index (χ3v) is 1.23. The zero-order valence-electron chi connectivity index (χ0n) is 6.76. The fraction of sp³-hybridized carbons (Fsp3) is 0.714. The first-order chi connectivity index (χ1) is 5.07. The number of aliphatic hydroxyl groups excluding tert-OH is 1. The van der Waals surface area contributed by atoms with Crippen LogP contribution < -0.4 is 5.32 Å². The number of rotatable bonds is 4. The molecule has 11 heavy (non-hydrogen) atoms. The molecule has 0 aliphatic carbocycles. The molecule has 0 heterocycles. The third-order valence-electron chi connectivity index (χ3n) is 1.23. The predicted molar refractivity (Wildman–Crippen MR) is 39.9 cm³/mol. The van der Waals surface area contributed by atoms with Crippen molar-refractivity contribution in [3.8, 4) is 0 Å². The summed E-state index contributed by atoms with van der Waals surface area (Å²) >= 11 is 0. The lowest BCUT2D eigenvalue weighted by atomic mass is 10.2. The molecule has 0 fully saturated rings. The third kappa shape index (κ3) is 4.50. The molecular formula is C7H13NO3. The van der Waals surface area contributed by atoms with Crippen LogP contribution in [0, 0.1) is 5.92 Å². The van der Waals surface area contributed by atoms with Crippen molar-refractivity contribution in [1.29, 1.82) is 0 Å². The lowest BCUT2D eigenvalue weighted by Gasteiger charge is -2.06. The fourth-order valence-electron chi connectivity index (χ4n) is 0.469. The smallest absolute Gasteiger partial charge is 0.225 e. The van der Waals surface area contributed by atoms with Gasteiger partial charge in [-0.2, -0.15) is 0 Å². The molecule has 0 aromatic heterocycles. The molecule has 4 heteroatoms. The summed E-state index contributed by atoms with van der Waals surface area (Å²) < 4.78 is 0. The first-order valence-corrected chi connectivity index (χ1v) is 3.46. The van der Waals surface area contributed by atoms with Gasteiger partial charge in [0.1, 0.15) is 5.78 Å². The molecule has 64 valence electrons. The molecule has 0 aromatic rings. The largest absolute Gasteiger partial charge is 0.396 e. The molecule has 0 radical (unpaired) electrons. The van der Waals surface area contributed by atoms with Gasteiger partial charge in [-0.15, -0.1) is 0 Å². The summed E-state index contributed by atoms with van der Waals surface area (Å²) in [5.41, 5.74) is 0. The van der Waals surface area contributed by atoms with Crippen LogP contribution in [0.2, 0.25) is 0 Å². The van der Waals surface area contributed by atoms with Crippen molar-refractivity contribution in [2.45, 2.75) is 13.8 Å². The Balaban J connectivity index is 3.60. The quantitative estimate of drug-likeness (QED) is 0.571. The molecule has 1 amide bonds. The maximum absolute atomic E-state index is 10.9. The molecule has 4 nitrogen and oxygen atoms in total. The van der Waals surface area contributed by atoms with Gasteiger partial charge in [-0.25, -0.2) is 0 Å². The molecule has 0 spiro atoms. The first kappa shape index (κ1) is 10.1. The van der Waals surface area contributed by atoms with Gasteiger partial charge < -0.3 is 10.4 Å². The minimum absolute atomic E-state index is 0.0448. The summed E-state index contributed by atoms with van der Waals surface area (Å²) in [4.78, 5) is 21.2. The standard InChI is InChI=1S/C7H13NO3/c1-5(4-9)7(11)8-3-6(2)10/h5,9H,3-4H2,1-2H3,(H,8,11)/t5-/m0/s1. The number of carbonyl (C=O) groups excluding carboxylic acids is 2. The highest BCUT2D eigenvalue weighted by atomic mass is 16.3. The van der Waals surface area contributed by atoms with E-state index in [1.807, 2.05) is 0 Å². The van der Waals surface area contributed by atoms with Crippen LogP contribution in [0.1, 0.15) is 13.8 Å². The van der Waals surface area contributed by atoms with E-state index in [-0.39, 0.29) is 24.8 Å². The molecule has 0 aliphatic rings. The van der Waals surface area contributed by atoms with E-state index in [1.165, 1.54) is 6.92 Å². The van der Waals surface area contributed by atoms with E-state index >= 15 is 0 Å². The van der Waals surface area contributed by atoms with Crippen molar-refractivity contribution in [2.24, 2.45) is 5.92 Å². The van der Waals surface area contributed by atoms with Crippen LogP contribution in [0.15, 0.2) is 0 Å². The lowest BCUT2D eigenvalue weighted by Crippen LogP contribution is -2.34. The number of aliphatic hydroxyl groups is 1. The Bertz CT molecular complexity index is 156. The summed E-state index contributed by atoms with van der Waals surface area (Å²) in [5.74, 6) is -0.819. The molecule has 0 saturated carbocycles. The van der Waals surface area contributed by atoms with E-state index in [2.05, 4.69) is 5.32 Å². The first-order valence-electron chi connectivity index (χ1n) is 3.46. The van der Waals surface area contributed by atoms with Crippen LogP contribution in [0.4, 0.5) is 0 Å². The normalized spacial score (nSPS) is 12.3. The maximum atomic E-state index is 10.9. The van der Waals surface area contributed by atoms with Gasteiger partial charge in [-0.1, -0.05) is 6.92 Å². The van der Waals surface area contributed by atoms with Crippen LogP contribution in [0.25, 0.3) is 0 Å². The highest BCUT2D eigenvalue weighted by Gasteiger charge is 2.10. The van der Waals surface area contributed by atoms with Crippen LogP contribution >= 0.6 is 0 Å². The van der Waals surface area contributed by atoms with Crippen molar-refractivity contribution in [3.05, 3.63) is 0 Å². The van der Waals surface area contributed by atoms with Crippen LogP contribution in [0.5, 0.6) is 0 Å². The molecule has 0 saturated heterocycles. The Labute approximate surface area is 65.6 Å². The Hall–Kier alpha value is -0.900. The number of Topliss-reactive ketones (excluding diaryl/α,β-unsaturated/α-hetero) is 1. The van der Waals surface area contributed by atoms with Gasteiger partial charge in [0.15, 0.2) is 0 Å². The van der Waals surface area contributed by atoms with E-state index in [0.717, 1.165) is 0 Å². The summed E-state index contributed by atoms with van der Waals surface area (Å²) in [6.45, 7) is 2.84. The molecular weight excluding hydrogens is 146 g/mol. The Kier molecular flexibility index (Phi) is 4.45. The van der Waals surface area contributed by atoms with E-state index in [9.17, 15) is 9.59 Å². The number of nitrogens with one attached hydrogen (secondary N) is 1. The second kappa shape index (κ2) is 4.85. The van der Waals surface area contributed by atoms with E-state index < -0.39 is 5.92 Å². The minimum atomic E-state index is -0.436. The van der Waals surface area contributed by atoms with Crippen molar-refractivity contribution in [1.82, 2.24) is 5.32 Å². The topological polar surface area (TPSA) is 66.4 Å². The van der Waals surface area contributed by atoms with E-state index in [1.54, 1.807) is 6.92 Å². The number of hydrogen-bond donors (Lipinski definition) is 2. The average molecular weight is 159 g/mol. The zero-order valence-corrected chi connectivity index (χ0v) is 6.76. The summed E-state index contributed by atoms with van der Waals surface area (Å²) in [7, 11) is 0. The van der Waals surface area contributed by atoms with Gasteiger partial charge in [-0.3, -0.25) is 9.59 Å². The maximum Gasteiger partial charge on any atom is 0.225 e. The number of carbonyl (C=O) groups is 2. The summed E-state index contributed by atoms with van der Waals surface area (Å²) in [6, 6.07) is 0. The zero-order chi connectivity index (χ0) is 8.85. The van der Waals surface area contributed by atoms with E-state index in [0.29, 0.717) is 0 Å². The van der Waals surface area contributed by atoms with Crippen LogP contribution in [-0.2, 0) is 9.59 Å². The van der Waals surface area contributed by atoms with Gasteiger partial charge in [0.05, 0.1) is 19.1 Å². The van der Waals surface area contributed by atoms with Crippen LogP contribution in [0.3, 0.4) is 0 Å². The molecule has 0 unspecified atom stereocenters. The second-order valence-electron chi connectivity index (χ2n) is 2.50. The number of hydrogen-bond acceptors (Lipinski definition) is 3. The monoisotopic (exact) mass is 159 g/mol. The molecule has 2 N–H and O–H groups in total. The van der Waals surface area contributed by atoms with Crippen LogP contribution in [-0.4, -0.2) is 29.9 Å². The molecule has 0 aliphatic heterocycles. The average Bonchev–Trinajstić information content (AvgIpc) is 1.98. The fourth-order valence-corrected chi connectivity index (χ4v) is 0.469. The Morgan fingerprint density at radius 1 is 1.55 bits per heavy atom. The molecule has 0 aromatic carbocycles. The van der Waals surface area contributed by atoms with Gasteiger partial charge in [0, 0.05) is 0 Å². The van der Waals surface area contributed by atoms with Gasteiger partial charge in [0.25, 0.3) is 0 Å². The minimum Gasteiger partial charge on any atom is -0.396 e. The highest BCUT2D eigenvalue weighted by molar-refractivity contribution is 5.85. The summed E-state index contributed by atoms with van der Waals surface area (Å²) in [6.07, 6.45) is 0. The van der Waals surface area contributed by atoms with Crippen molar-refractivity contribution < 1.29 is 14.7 Å². The van der Waals surface area contributed by atoms with Crippen molar-refractivity contribution in [3.63, 3.8) is 0 Å². The van der Waals surface area contributed by atoms with Crippen molar-refractivity contribution >= 4 is 11.7 Å². The molecule has 1 atom stereocenters. The van der Waals surface area contributed by atoms with Crippen molar-refractivity contribution in [2.75, 3.05) is 13.2 Å². The Morgan fingerprint density at radius 3 is 2.45 bits per heavy atom. The van der Waals surface area contributed by atoms with Gasteiger partial charge in [0.2, 0.25) is 5.91 Å². The Morgan fingerprint density at radius 2 is 2.09 bits per heavy atom. The number of ketones is 1. The van der Waals surface area contributed by atoms with Gasteiger partial charge in [-0.05, 0) is 6.92 Å². The summed E-state index contributed by atoms with van der Waals surface area (Å²) in [5, 5.41) is 10.9. The van der Waals surface area contributed by atoms with Gasteiger partial charge >= 0.3 is 0 Å². The SMILES string of the molecule is CC(=O)CNC(=O)[C@@H](C)CO. The highest BCUT2D eigenvalue weighted by Crippen LogP contribution is 1.90. The molecule has 0 rings (SSSR count). The second-order valence-corrected chi connectivity index (χ2v) is 2.50.